The lowest BCUT2D eigenvalue weighted by molar-refractivity contribution is -0.120. The molecule has 0 aliphatic heterocycles. The number of carbonyl (C=O) groups is 1. The van der Waals surface area contributed by atoms with Crippen molar-refractivity contribution in [2.45, 2.75) is 19.3 Å². The number of nitriles is 1. The molecular weight excluding hydrogens is 243 g/mol. The summed E-state index contributed by atoms with van der Waals surface area (Å²) in [4.78, 5) is 11.2. The summed E-state index contributed by atoms with van der Waals surface area (Å²) in [7, 11) is 0. The third-order valence-electron chi connectivity index (χ3n) is 2.19. The molecule has 0 bridgehead atoms. The predicted molar refractivity (Wildman–Crippen MR) is 63.0 cm³/mol. The van der Waals surface area contributed by atoms with E-state index in [1.807, 2.05) is 6.07 Å². The molecule has 0 radical (unpaired) electrons. The van der Waals surface area contributed by atoms with Crippen LogP contribution in [-0.2, 0) is 11.2 Å². The zero-order chi connectivity index (χ0) is 12.7. The number of halogens is 2. The molecule has 5 heteroatoms. The lowest BCUT2D eigenvalue weighted by atomic mass is 10.1. The van der Waals surface area contributed by atoms with Crippen LogP contribution in [0.4, 0.5) is 4.39 Å². The van der Waals surface area contributed by atoms with Gasteiger partial charge in [0, 0.05) is 24.4 Å². The Kier molecular flexibility index (Phi) is 5.44. The summed E-state index contributed by atoms with van der Waals surface area (Å²) in [6.45, 7) is 0.335. The van der Waals surface area contributed by atoms with Gasteiger partial charge in [-0.05, 0) is 30.2 Å². The van der Waals surface area contributed by atoms with Crippen LogP contribution in [0.1, 0.15) is 18.4 Å². The fourth-order valence-electron chi connectivity index (χ4n) is 1.33. The molecule has 0 aliphatic carbocycles. The van der Waals surface area contributed by atoms with Gasteiger partial charge in [-0.3, -0.25) is 4.79 Å². The number of hydrogen-bond donors (Lipinski definition) is 1. The van der Waals surface area contributed by atoms with Gasteiger partial charge in [0.25, 0.3) is 0 Å². The fourth-order valence-corrected chi connectivity index (χ4v) is 1.52. The van der Waals surface area contributed by atoms with Crippen molar-refractivity contribution in [1.82, 2.24) is 5.32 Å². The average Bonchev–Trinajstić information content (AvgIpc) is 2.31. The Hall–Kier alpha value is -1.60. The van der Waals surface area contributed by atoms with Gasteiger partial charge in [0.05, 0.1) is 6.07 Å². The molecule has 0 saturated heterocycles. The highest BCUT2D eigenvalue weighted by molar-refractivity contribution is 6.30. The largest absolute Gasteiger partial charge is 0.356 e. The van der Waals surface area contributed by atoms with Crippen molar-refractivity contribution in [2.24, 2.45) is 0 Å². The normalized spacial score (nSPS) is 9.71. The van der Waals surface area contributed by atoms with E-state index < -0.39 is 0 Å². The quantitative estimate of drug-likeness (QED) is 0.877. The summed E-state index contributed by atoms with van der Waals surface area (Å²) in [6.07, 6.45) is 0.747. The molecule has 1 aromatic rings. The predicted octanol–water partition coefficient (Wildman–Crippen LogP) is 2.44. The number of carbonyl (C=O) groups excluding carboxylic acids is 1. The van der Waals surface area contributed by atoms with Crippen LogP contribution >= 0.6 is 11.6 Å². The first-order valence-corrected chi connectivity index (χ1v) is 5.59. The van der Waals surface area contributed by atoms with E-state index in [-0.39, 0.29) is 24.6 Å². The van der Waals surface area contributed by atoms with Gasteiger partial charge in [-0.25, -0.2) is 4.39 Å². The van der Waals surface area contributed by atoms with Crippen LogP contribution in [0, 0.1) is 17.1 Å². The first-order chi connectivity index (χ1) is 8.13. The zero-order valence-corrected chi connectivity index (χ0v) is 9.93. The lowest BCUT2D eigenvalue weighted by Gasteiger charge is -2.05. The maximum Gasteiger partial charge on any atom is 0.221 e. The Morgan fingerprint density at radius 2 is 2.29 bits per heavy atom. The molecule has 3 nitrogen and oxygen atoms in total. The van der Waals surface area contributed by atoms with Crippen LogP contribution in [0.2, 0.25) is 5.02 Å². The fraction of sp³-hybridized carbons (Fsp3) is 0.333. The highest BCUT2D eigenvalue weighted by Gasteiger charge is 2.04. The summed E-state index contributed by atoms with van der Waals surface area (Å²) >= 11 is 5.74. The minimum Gasteiger partial charge on any atom is -0.356 e. The van der Waals surface area contributed by atoms with Crippen molar-refractivity contribution in [1.29, 1.82) is 5.26 Å². The van der Waals surface area contributed by atoms with Crippen LogP contribution in [0.15, 0.2) is 18.2 Å². The van der Waals surface area contributed by atoms with Crippen molar-refractivity contribution in [2.75, 3.05) is 6.54 Å². The number of amides is 1. The van der Waals surface area contributed by atoms with E-state index in [2.05, 4.69) is 5.32 Å². The number of rotatable bonds is 5. The van der Waals surface area contributed by atoms with E-state index in [1.54, 1.807) is 6.07 Å². The van der Waals surface area contributed by atoms with Crippen LogP contribution < -0.4 is 5.32 Å². The SMILES string of the molecule is N#CCCC(=O)NCCc1cc(Cl)ccc1F. The Balaban J connectivity index is 2.38. The molecule has 0 unspecified atom stereocenters. The van der Waals surface area contributed by atoms with Crippen LogP contribution in [0.3, 0.4) is 0 Å². The minimum atomic E-state index is -0.333. The molecule has 1 amide bonds. The molecule has 0 heterocycles. The molecule has 0 saturated carbocycles. The van der Waals surface area contributed by atoms with E-state index in [4.69, 9.17) is 16.9 Å². The number of benzene rings is 1. The maximum absolute atomic E-state index is 13.3. The monoisotopic (exact) mass is 254 g/mol. The van der Waals surface area contributed by atoms with Crippen LogP contribution in [0.25, 0.3) is 0 Å². The molecule has 0 aliphatic rings. The second-order valence-electron chi connectivity index (χ2n) is 3.49. The molecule has 0 spiro atoms. The summed E-state index contributed by atoms with van der Waals surface area (Å²) < 4.78 is 13.3. The van der Waals surface area contributed by atoms with Gasteiger partial charge in [-0.1, -0.05) is 11.6 Å². The number of hydrogen-bond acceptors (Lipinski definition) is 2. The number of nitrogens with zero attached hydrogens (tertiary/aromatic N) is 1. The molecule has 0 atom stereocenters. The highest BCUT2D eigenvalue weighted by Crippen LogP contribution is 2.14. The van der Waals surface area contributed by atoms with E-state index in [0.717, 1.165) is 0 Å². The molecule has 0 fully saturated rings. The highest BCUT2D eigenvalue weighted by atomic mass is 35.5. The number of nitrogens with one attached hydrogen (secondary N) is 1. The van der Waals surface area contributed by atoms with Crippen molar-refractivity contribution >= 4 is 17.5 Å². The van der Waals surface area contributed by atoms with E-state index in [0.29, 0.717) is 23.6 Å². The van der Waals surface area contributed by atoms with Gasteiger partial charge >= 0.3 is 0 Å². The van der Waals surface area contributed by atoms with Gasteiger partial charge in [0.2, 0.25) is 5.91 Å². The molecule has 1 N–H and O–H groups in total. The molecule has 0 aromatic heterocycles. The van der Waals surface area contributed by atoms with Gasteiger partial charge < -0.3 is 5.32 Å². The first kappa shape index (κ1) is 13.5. The third kappa shape index (κ3) is 4.83. The van der Waals surface area contributed by atoms with Crippen molar-refractivity contribution in [3.63, 3.8) is 0 Å². The van der Waals surface area contributed by atoms with Crippen LogP contribution in [0.5, 0.6) is 0 Å². The van der Waals surface area contributed by atoms with Crippen molar-refractivity contribution in [3.8, 4) is 6.07 Å². The summed E-state index contributed by atoms with van der Waals surface area (Å²) in [5.41, 5.74) is 0.470. The van der Waals surface area contributed by atoms with Gasteiger partial charge in [-0.15, -0.1) is 0 Å². The Morgan fingerprint density at radius 1 is 1.53 bits per heavy atom. The standard InChI is InChI=1S/C12H12ClFN2O/c13-10-3-4-11(14)9(8-10)5-7-16-12(17)2-1-6-15/h3-4,8H,1-2,5,7H2,(H,16,17). The van der Waals surface area contributed by atoms with Gasteiger partial charge in [-0.2, -0.15) is 5.26 Å². The van der Waals surface area contributed by atoms with E-state index >= 15 is 0 Å². The lowest BCUT2D eigenvalue weighted by Crippen LogP contribution is -2.25. The third-order valence-corrected chi connectivity index (χ3v) is 2.42. The maximum atomic E-state index is 13.3. The molecule has 17 heavy (non-hydrogen) atoms. The first-order valence-electron chi connectivity index (χ1n) is 5.21. The topological polar surface area (TPSA) is 52.9 Å². The Bertz CT molecular complexity index is 443. The smallest absolute Gasteiger partial charge is 0.221 e. The van der Waals surface area contributed by atoms with Crippen molar-refractivity contribution < 1.29 is 9.18 Å². The molecule has 1 aromatic carbocycles. The second kappa shape index (κ2) is 6.87. The van der Waals surface area contributed by atoms with Crippen LogP contribution in [-0.4, -0.2) is 12.5 Å². The Morgan fingerprint density at radius 3 is 3.00 bits per heavy atom. The Labute approximate surface area is 104 Å². The minimum absolute atomic E-state index is 0.175. The second-order valence-corrected chi connectivity index (χ2v) is 3.93. The van der Waals surface area contributed by atoms with Crippen molar-refractivity contribution in [3.05, 3.63) is 34.6 Å². The molecule has 1 rings (SSSR count). The van der Waals surface area contributed by atoms with E-state index in [1.165, 1.54) is 12.1 Å². The molecule has 90 valence electrons. The van der Waals surface area contributed by atoms with E-state index in [9.17, 15) is 9.18 Å². The summed E-state index contributed by atoms with van der Waals surface area (Å²) in [5, 5.41) is 11.4. The summed E-state index contributed by atoms with van der Waals surface area (Å²) in [6, 6.07) is 6.20. The molecular formula is C12H12ClFN2O. The average molecular weight is 255 g/mol. The van der Waals surface area contributed by atoms with Gasteiger partial charge in [0.1, 0.15) is 5.82 Å². The zero-order valence-electron chi connectivity index (χ0n) is 9.17. The van der Waals surface area contributed by atoms with Gasteiger partial charge in [0.15, 0.2) is 0 Å². The summed E-state index contributed by atoms with van der Waals surface area (Å²) in [5.74, 6) is -0.533.